The van der Waals surface area contributed by atoms with Gasteiger partial charge in [0.1, 0.15) is 25.1 Å². The van der Waals surface area contributed by atoms with Crippen LogP contribution in [0, 0.1) is 0 Å². The van der Waals surface area contributed by atoms with Crippen molar-refractivity contribution in [2.45, 2.75) is 26.9 Å². The molecule has 0 spiro atoms. The minimum absolute atomic E-state index is 0.116. The number of rotatable bonds is 9. The molecule has 0 fully saturated rings. The fraction of sp³-hybridized carbons (Fsp3) is 0.348. The van der Waals surface area contributed by atoms with Gasteiger partial charge < -0.3 is 14.7 Å². The first-order valence-electron chi connectivity index (χ1n) is 9.60. The summed E-state index contributed by atoms with van der Waals surface area (Å²) in [5.41, 5.74) is 2.86. The average Bonchev–Trinajstić information content (AvgIpc) is 2.73. The van der Waals surface area contributed by atoms with Gasteiger partial charge in [-0.1, -0.05) is 30.9 Å². The number of alkyl halides is 1. The highest BCUT2D eigenvalue weighted by Crippen LogP contribution is 2.22. The van der Waals surface area contributed by atoms with Crippen molar-refractivity contribution in [1.82, 2.24) is 4.98 Å². The predicted octanol–water partition coefficient (Wildman–Crippen LogP) is 3.07. The Morgan fingerprint density at radius 3 is 2.46 bits per heavy atom. The Morgan fingerprint density at radius 1 is 1.25 bits per heavy atom. The summed E-state index contributed by atoms with van der Waals surface area (Å²) in [6, 6.07) is 10.0. The van der Waals surface area contributed by atoms with E-state index in [1.54, 1.807) is 6.08 Å². The molecule has 28 heavy (non-hydrogen) atoms. The minimum atomic E-state index is -1.15. The smallest absolute Gasteiger partial charge is 0.130 e. The molecule has 1 aromatic carbocycles. The van der Waals surface area contributed by atoms with Crippen LogP contribution in [0.25, 0.3) is 23.4 Å². The van der Waals surface area contributed by atoms with Crippen molar-refractivity contribution >= 4 is 17.8 Å². The van der Waals surface area contributed by atoms with E-state index in [1.807, 2.05) is 37.3 Å². The van der Waals surface area contributed by atoms with Crippen LogP contribution in [-0.4, -0.2) is 42.6 Å². The summed E-state index contributed by atoms with van der Waals surface area (Å²) in [7, 11) is 0. The predicted molar refractivity (Wildman–Crippen MR) is 115 cm³/mol. The molecule has 1 N–H and O–H groups in total. The van der Waals surface area contributed by atoms with E-state index in [1.165, 1.54) is 0 Å². The maximum absolute atomic E-state index is 12.6. The quantitative estimate of drug-likeness (QED) is 0.722. The van der Waals surface area contributed by atoms with Crippen molar-refractivity contribution in [3.63, 3.8) is 0 Å². The number of aliphatic hydroxyl groups is 1. The fourth-order valence-corrected chi connectivity index (χ4v) is 3.01. The van der Waals surface area contributed by atoms with Crippen LogP contribution in [0.5, 0.6) is 5.75 Å². The Hall–Kier alpha value is -2.66. The Bertz CT molecular complexity index is 890. The lowest BCUT2D eigenvalue weighted by Crippen LogP contribution is -2.32. The lowest BCUT2D eigenvalue weighted by atomic mass is 10.1. The van der Waals surface area contributed by atoms with Crippen LogP contribution in [0.2, 0.25) is 0 Å². The molecule has 2 aromatic rings. The number of halogens is 1. The van der Waals surface area contributed by atoms with Crippen LogP contribution in [0.1, 0.15) is 20.8 Å². The third-order valence-electron chi connectivity index (χ3n) is 4.52. The lowest BCUT2D eigenvalue weighted by Gasteiger charge is -2.21. The molecule has 0 bridgehead atoms. The van der Waals surface area contributed by atoms with Crippen LogP contribution < -0.4 is 20.2 Å². The van der Waals surface area contributed by atoms with Crippen molar-refractivity contribution in [1.29, 1.82) is 0 Å². The van der Waals surface area contributed by atoms with Crippen molar-refractivity contribution in [3.8, 4) is 17.0 Å². The highest BCUT2D eigenvalue weighted by Gasteiger charge is 2.10. The maximum Gasteiger partial charge on any atom is 0.130 e. The number of hydrogen-bond donors (Lipinski definition) is 1. The van der Waals surface area contributed by atoms with E-state index in [4.69, 9.17) is 9.72 Å². The molecule has 0 amide bonds. The molecule has 150 valence electrons. The Balaban J connectivity index is 2.50. The fourth-order valence-electron chi connectivity index (χ4n) is 3.01. The average molecular weight is 384 g/mol. The van der Waals surface area contributed by atoms with Crippen LogP contribution in [0.3, 0.4) is 0 Å². The van der Waals surface area contributed by atoms with Gasteiger partial charge in [0.25, 0.3) is 0 Å². The first-order chi connectivity index (χ1) is 13.6. The summed E-state index contributed by atoms with van der Waals surface area (Å²) in [4.78, 5) is 7.01. The second-order valence-corrected chi connectivity index (χ2v) is 6.33. The highest BCUT2D eigenvalue weighted by atomic mass is 19.1. The number of ether oxygens (including phenoxy) is 1. The molecule has 1 unspecified atom stereocenters. The van der Waals surface area contributed by atoms with Crippen molar-refractivity contribution in [3.05, 3.63) is 53.6 Å². The van der Waals surface area contributed by atoms with E-state index in [0.717, 1.165) is 35.3 Å². The monoisotopic (exact) mass is 384 g/mol. The normalized spacial score (nSPS) is 13.5. The van der Waals surface area contributed by atoms with Gasteiger partial charge in [0.15, 0.2) is 0 Å². The second-order valence-electron chi connectivity index (χ2n) is 6.33. The first kappa shape index (κ1) is 21.6. The van der Waals surface area contributed by atoms with Crippen LogP contribution in [-0.2, 0) is 0 Å². The summed E-state index contributed by atoms with van der Waals surface area (Å²) >= 11 is 0. The maximum atomic E-state index is 12.6. The van der Waals surface area contributed by atoms with Gasteiger partial charge in [-0.3, -0.25) is 0 Å². The standard InChI is InChI=1S/C23H29FN2O2/c1-5-9-21-20(6-2)23(28-16-19(27)15-24)14-22(25-21)17-10-12-18(13-11-17)26(7-3)8-4/h5-6,9-14,19,27H,1,7-8,15-16H2,2-4H3/b20-6+,21-9+. The Kier molecular flexibility index (Phi) is 8.20. The molecule has 2 rings (SSSR count). The minimum Gasteiger partial charge on any atom is -0.490 e. The number of hydrogen-bond acceptors (Lipinski definition) is 4. The molecule has 1 heterocycles. The zero-order chi connectivity index (χ0) is 20.5. The van der Waals surface area contributed by atoms with E-state index in [-0.39, 0.29) is 6.61 Å². The number of nitrogens with zero attached hydrogens (tertiary/aromatic N) is 2. The number of anilines is 1. The molecule has 1 atom stereocenters. The molecule has 1 aromatic heterocycles. The molecule has 0 saturated carbocycles. The van der Waals surface area contributed by atoms with Crippen LogP contribution >= 0.6 is 0 Å². The number of allylic oxidation sites excluding steroid dienone is 1. The summed E-state index contributed by atoms with van der Waals surface area (Å²) in [6.07, 6.45) is 4.21. The van der Waals surface area contributed by atoms with Gasteiger partial charge in [-0.05, 0) is 39.0 Å². The van der Waals surface area contributed by atoms with Crippen molar-refractivity contribution in [2.75, 3.05) is 31.3 Å². The number of pyridine rings is 1. The molecule has 0 aliphatic heterocycles. The zero-order valence-electron chi connectivity index (χ0n) is 16.9. The van der Waals surface area contributed by atoms with Gasteiger partial charge in [-0.2, -0.15) is 0 Å². The van der Waals surface area contributed by atoms with Crippen molar-refractivity contribution < 1.29 is 14.2 Å². The zero-order valence-corrected chi connectivity index (χ0v) is 16.9. The van der Waals surface area contributed by atoms with Gasteiger partial charge in [0.05, 0.1) is 11.0 Å². The largest absolute Gasteiger partial charge is 0.490 e. The molecule has 4 nitrogen and oxygen atoms in total. The molecule has 0 aliphatic carbocycles. The van der Waals surface area contributed by atoms with Gasteiger partial charge in [-0.15, -0.1) is 0 Å². The van der Waals surface area contributed by atoms with E-state index in [0.29, 0.717) is 11.1 Å². The third kappa shape index (κ3) is 5.20. The van der Waals surface area contributed by atoms with Crippen LogP contribution in [0.4, 0.5) is 10.1 Å². The lowest BCUT2D eigenvalue weighted by molar-refractivity contribution is 0.0837. The third-order valence-corrected chi connectivity index (χ3v) is 4.52. The van der Waals surface area contributed by atoms with Crippen LogP contribution in [0.15, 0.2) is 43.0 Å². The van der Waals surface area contributed by atoms with E-state index in [2.05, 4.69) is 37.5 Å². The van der Waals surface area contributed by atoms with Gasteiger partial charge in [-0.25, -0.2) is 9.37 Å². The molecule has 0 aliphatic rings. The van der Waals surface area contributed by atoms with Gasteiger partial charge in [0.2, 0.25) is 0 Å². The Morgan fingerprint density at radius 2 is 1.93 bits per heavy atom. The highest BCUT2D eigenvalue weighted by molar-refractivity contribution is 5.65. The summed E-state index contributed by atoms with van der Waals surface area (Å²) in [6.45, 7) is 10.8. The second kappa shape index (κ2) is 10.6. The number of benzene rings is 1. The topological polar surface area (TPSA) is 45.6 Å². The van der Waals surface area contributed by atoms with E-state index >= 15 is 0 Å². The molecule has 0 saturated heterocycles. The van der Waals surface area contributed by atoms with Crippen molar-refractivity contribution in [2.24, 2.45) is 0 Å². The summed E-state index contributed by atoms with van der Waals surface area (Å²) in [5, 5.41) is 11.0. The number of aliphatic hydroxyl groups excluding tert-OH is 1. The summed E-state index contributed by atoms with van der Waals surface area (Å²) in [5.74, 6) is 0.556. The molecular formula is C23H29FN2O2. The van der Waals surface area contributed by atoms with Gasteiger partial charge >= 0.3 is 0 Å². The van der Waals surface area contributed by atoms with Gasteiger partial charge in [0, 0.05) is 35.6 Å². The number of aromatic nitrogens is 1. The molecular weight excluding hydrogens is 355 g/mol. The van der Waals surface area contributed by atoms with E-state index < -0.39 is 12.8 Å². The molecule has 0 radical (unpaired) electrons. The summed E-state index contributed by atoms with van der Waals surface area (Å²) < 4.78 is 18.3. The molecule has 5 heteroatoms. The Labute approximate surface area is 166 Å². The SMILES string of the molecule is C=C/C=c1/nc(-c2ccc(N(CC)CC)cc2)cc(OCC(O)CF)/c1=C/C. The van der Waals surface area contributed by atoms with E-state index in [9.17, 15) is 9.50 Å². The first-order valence-corrected chi connectivity index (χ1v) is 9.60.